The van der Waals surface area contributed by atoms with Crippen LogP contribution in [-0.4, -0.2) is 48.1 Å². The molecule has 2 heterocycles. The van der Waals surface area contributed by atoms with Gasteiger partial charge in [0.25, 0.3) is 0 Å². The lowest BCUT2D eigenvalue weighted by atomic mass is 9.97. The molecule has 1 aliphatic carbocycles. The van der Waals surface area contributed by atoms with Gasteiger partial charge in [0.15, 0.2) is 0 Å². The largest absolute Gasteiger partial charge is 0.367 e. The van der Waals surface area contributed by atoms with Crippen molar-refractivity contribution in [3.8, 4) is 6.07 Å². The first-order valence-electron chi connectivity index (χ1n) is 11.2. The molecule has 3 aromatic rings. The van der Waals surface area contributed by atoms with Crippen molar-refractivity contribution in [1.29, 1.82) is 5.26 Å². The SMILES string of the molecule is CN1CCN(c2ccc(Nc3nccc(Nc4cccc(C5(C#N)CC5)c4)n3)cc2F)CC1. The number of likely N-dealkylation sites (N-methyl/N-ethyl adjacent to an activating group) is 1. The molecule has 0 spiro atoms. The van der Waals surface area contributed by atoms with E-state index in [-0.39, 0.29) is 11.2 Å². The summed E-state index contributed by atoms with van der Waals surface area (Å²) in [6, 6.07) is 17.2. The summed E-state index contributed by atoms with van der Waals surface area (Å²) in [6.07, 6.45) is 3.45. The maximum Gasteiger partial charge on any atom is 0.229 e. The van der Waals surface area contributed by atoms with Crippen molar-refractivity contribution in [3.63, 3.8) is 0 Å². The van der Waals surface area contributed by atoms with E-state index in [4.69, 9.17) is 0 Å². The average molecular weight is 444 g/mol. The normalized spacial score (nSPS) is 17.3. The van der Waals surface area contributed by atoms with Crippen molar-refractivity contribution in [2.45, 2.75) is 18.3 Å². The van der Waals surface area contributed by atoms with Gasteiger partial charge in [-0.15, -0.1) is 0 Å². The van der Waals surface area contributed by atoms with Crippen molar-refractivity contribution in [1.82, 2.24) is 14.9 Å². The summed E-state index contributed by atoms with van der Waals surface area (Å²) in [5.74, 6) is 0.724. The molecule has 33 heavy (non-hydrogen) atoms. The number of nitrogens with one attached hydrogen (secondary N) is 2. The number of benzene rings is 2. The molecular formula is C25H26FN7. The minimum Gasteiger partial charge on any atom is -0.367 e. The van der Waals surface area contributed by atoms with Crippen LogP contribution in [0.5, 0.6) is 0 Å². The Balaban J connectivity index is 1.28. The molecule has 168 valence electrons. The van der Waals surface area contributed by atoms with Crippen LogP contribution < -0.4 is 15.5 Å². The molecule has 2 aliphatic rings. The molecule has 0 atom stereocenters. The smallest absolute Gasteiger partial charge is 0.229 e. The van der Waals surface area contributed by atoms with E-state index in [1.807, 2.05) is 30.3 Å². The van der Waals surface area contributed by atoms with Crippen LogP contribution in [-0.2, 0) is 5.41 Å². The van der Waals surface area contributed by atoms with Gasteiger partial charge in [-0.1, -0.05) is 12.1 Å². The zero-order valence-electron chi connectivity index (χ0n) is 18.6. The summed E-state index contributed by atoms with van der Waals surface area (Å²) in [4.78, 5) is 13.1. The highest BCUT2D eigenvalue weighted by molar-refractivity contribution is 5.63. The van der Waals surface area contributed by atoms with E-state index in [1.54, 1.807) is 18.3 Å². The van der Waals surface area contributed by atoms with Crippen LogP contribution in [0, 0.1) is 17.1 Å². The Hall–Kier alpha value is -3.70. The number of hydrogen-bond donors (Lipinski definition) is 2. The van der Waals surface area contributed by atoms with Crippen molar-refractivity contribution in [2.75, 3.05) is 48.8 Å². The van der Waals surface area contributed by atoms with Gasteiger partial charge in [0.05, 0.1) is 17.2 Å². The van der Waals surface area contributed by atoms with E-state index in [0.717, 1.165) is 50.3 Å². The molecule has 1 saturated carbocycles. The van der Waals surface area contributed by atoms with Crippen molar-refractivity contribution < 1.29 is 4.39 Å². The van der Waals surface area contributed by atoms with Gasteiger partial charge in [-0.05, 0) is 61.9 Å². The van der Waals surface area contributed by atoms with Gasteiger partial charge in [-0.3, -0.25) is 0 Å². The molecule has 0 unspecified atom stereocenters. The fourth-order valence-electron chi connectivity index (χ4n) is 4.14. The lowest BCUT2D eigenvalue weighted by molar-refractivity contribution is 0.311. The molecule has 2 aromatic carbocycles. The van der Waals surface area contributed by atoms with Gasteiger partial charge in [-0.25, -0.2) is 9.37 Å². The highest BCUT2D eigenvalue weighted by Gasteiger charge is 2.44. The van der Waals surface area contributed by atoms with E-state index in [2.05, 4.69) is 43.5 Å². The first-order chi connectivity index (χ1) is 16.0. The zero-order chi connectivity index (χ0) is 22.8. The third-order valence-electron chi connectivity index (χ3n) is 6.35. The Morgan fingerprint density at radius 3 is 2.52 bits per heavy atom. The monoisotopic (exact) mass is 443 g/mol. The Morgan fingerprint density at radius 2 is 1.79 bits per heavy atom. The molecule has 0 radical (unpaired) electrons. The standard InChI is InChI=1S/C25H26FN7/c1-32-11-13-33(14-12-32)22-6-5-20(16-21(22)26)30-24-28-10-7-23(31-24)29-19-4-2-3-18(15-19)25(17-27)8-9-25/h2-7,10,15-16H,8-9,11-14H2,1H3,(H2,28,29,30,31). The average Bonchev–Trinajstić information content (AvgIpc) is 3.62. The van der Waals surface area contributed by atoms with Crippen molar-refractivity contribution in [2.24, 2.45) is 0 Å². The first-order valence-corrected chi connectivity index (χ1v) is 11.2. The van der Waals surface area contributed by atoms with E-state index in [1.165, 1.54) is 6.07 Å². The Labute approximate surface area is 192 Å². The second-order valence-corrected chi connectivity index (χ2v) is 8.75. The minimum atomic E-state index is -0.337. The van der Waals surface area contributed by atoms with E-state index in [9.17, 15) is 9.65 Å². The predicted octanol–water partition coefficient (Wildman–Crippen LogP) is 4.41. The van der Waals surface area contributed by atoms with Crippen LogP contribution in [0.4, 0.5) is 33.2 Å². The highest BCUT2D eigenvalue weighted by atomic mass is 19.1. The Kier molecular flexibility index (Phi) is 5.56. The molecule has 2 fully saturated rings. The van der Waals surface area contributed by atoms with Gasteiger partial charge in [0.1, 0.15) is 11.6 Å². The molecule has 1 aliphatic heterocycles. The van der Waals surface area contributed by atoms with Crippen molar-refractivity contribution >= 4 is 28.8 Å². The van der Waals surface area contributed by atoms with Gasteiger partial charge in [0, 0.05) is 43.8 Å². The maximum atomic E-state index is 14.8. The van der Waals surface area contributed by atoms with Gasteiger partial charge < -0.3 is 20.4 Å². The number of nitriles is 1. The van der Waals surface area contributed by atoms with Crippen LogP contribution in [0.3, 0.4) is 0 Å². The number of rotatable bonds is 6. The lowest BCUT2D eigenvalue weighted by Crippen LogP contribution is -2.44. The second-order valence-electron chi connectivity index (χ2n) is 8.75. The van der Waals surface area contributed by atoms with Gasteiger partial charge in [0.2, 0.25) is 5.95 Å². The molecular weight excluding hydrogens is 417 g/mol. The lowest BCUT2D eigenvalue weighted by Gasteiger charge is -2.34. The maximum absolute atomic E-state index is 14.8. The first kappa shape index (κ1) is 21.2. The molecule has 7 nitrogen and oxygen atoms in total. The van der Waals surface area contributed by atoms with Crippen LogP contribution in [0.1, 0.15) is 18.4 Å². The second kappa shape index (κ2) is 8.68. The molecule has 0 amide bonds. The molecule has 1 saturated heterocycles. The summed E-state index contributed by atoms with van der Waals surface area (Å²) in [6.45, 7) is 3.47. The summed E-state index contributed by atoms with van der Waals surface area (Å²) in [5.41, 5.74) is 2.76. The van der Waals surface area contributed by atoms with E-state index >= 15 is 0 Å². The fraction of sp³-hybridized carbons (Fsp3) is 0.320. The van der Waals surface area contributed by atoms with Crippen LogP contribution in [0.2, 0.25) is 0 Å². The minimum absolute atomic E-state index is 0.262. The highest BCUT2D eigenvalue weighted by Crippen LogP contribution is 2.48. The fourth-order valence-corrected chi connectivity index (χ4v) is 4.14. The number of anilines is 5. The quantitative estimate of drug-likeness (QED) is 0.584. The van der Waals surface area contributed by atoms with Crippen LogP contribution >= 0.6 is 0 Å². The number of aromatic nitrogens is 2. The predicted molar refractivity (Wildman–Crippen MR) is 128 cm³/mol. The topological polar surface area (TPSA) is 80.1 Å². The zero-order valence-corrected chi connectivity index (χ0v) is 18.6. The van der Waals surface area contributed by atoms with Gasteiger partial charge in [-0.2, -0.15) is 10.2 Å². The number of halogens is 1. The molecule has 5 rings (SSSR count). The third kappa shape index (κ3) is 4.59. The molecule has 0 bridgehead atoms. The van der Waals surface area contributed by atoms with Crippen LogP contribution in [0.15, 0.2) is 54.7 Å². The number of piperazine rings is 1. The third-order valence-corrected chi connectivity index (χ3v) is 6.35. The summed E-state index contributed by atoms with van der Waals surface area (Å²) in [5, 5.41) is 15.8. The Bertz CT molecular complexity index is 1190. The van der Waals surface area contributed by atoms with Crippen molar-refractivity contribution in [3.05, 3.63) is 66.1 Å². The summed E-state index contributed by atoms with van der Waals surface area (Å²) in [7, 11) is 2.08. The van der Waals surface area contributed by atoms with E-state index in [0.29, 0.717) is 23.1 Å². The summed E-state index contributed by atoms with van der Waals surface area (Å²) >= 11 is 0. The molecule has 8 heteroatoms. The van der Waals surface area contributed by atoms with Crippen LogP contribution in [0.25, 0.3) is 0 Å². The van der Waals surface area contributed by atoms with Gasteiger partial charge >= 0.3 is 0 Å². The molecule has 2 N–H and O–H groups in total. The Morgan fingerprint density at radius 1 is 1.00 bits per heavy atom. The number of hydrogen-bond acceptors (Lipinski definition) is 7. The number of nitrogens with zero attached hydrogens (tertiary/aromatic N) is 5. The summed E-state index contributed by atoms with van der Waals surface area (Å²) < 4.78 is 14.8. The van der Waals surface area contributed by atoms with E-state index < -0.39 is 0 Å². The molecule has 1 aromatic heterocycles.